The maximum absolute atomic E-state index is 5.55. The second-order valence-corrected chi connectivity index (χ2v) is 4.70. The third-order valence-corrected chi connectivity index (χ3v) is 1.94. The van der Waals surface area contributed by atoms with Crippen molar-refractivity contribution < 1.29 is 9.47 Å². The van der Waals surface area contributed by atoms with Crippen molar-refractivity contribution in [1.82, 2.24) is 9.97 Å². The van der Waals surface area contributed by atoms with Crippen LogP contribution in [0.1, 0.15) is 26.6 Å². The van der Waals surface area contributed by atoms with Crippen molar-refractivity contribution in [3.05, 3.63) is 11.9 Å². The van der Waals surface area contributed by atoms with Crippen LogP contribution in [-0.4, -0.2) is 35.8 Å². The van der Waals surface area contributed by atoms with Crippen molar-refractivity contribution in [3.8, 4) is 5.88 Å². The predicted molar refractivity (Wildman–Crippen MR) is 67.5 cm³/mol. The Bertz CT molecular complexity index is 361. The molecule has 0 spiro atoms. The molecule has 5 heteroatoms. The third-order valence-electron chi connectivity index (χ3n) is 1.94. The fourth-order valence-corrected chi connectivity index (χ4v) is 1.24. The summed E-state index contributed by atoms with van der Waals surface area (Å²) in [6.07, 6.45) is 0. The van der Waals surface area contributed by atoms with E-state index in [2.05, 4.69) is 15.3 Å². The van der Waals surface area contributed by atoms with Gasteiger partial charge < -0.3 is 14.8 Å². The summed E-state index contributed by atoms with van der Waals surface area (Å²) in [7, 11) is 1.81. The van der Waals surface area contributed by atoms with Gasteiger partial charge in [-0.25, -0.2) is 4.98 Å². The highest BCUT2D eigenvalue weighted by Gasteiger charge is 2.09. The SMILES string of the molecule is CNc1cc(OCCOC(C)(C)C)nc(C)n1. The van der Waals surface area contributed by atoms with Gasteiger partial charge in [0.1, 0.15) is 18.2 Å². The summed E-state index contributed by atoms with van der Waals surface area (Å²) in [4.78, 5) is 8.37. The van der Waals surface area contributed by atoms with E-state index in [0.717, 1.165) is 5.82 Å². The average Bonchev–Trinajstić information content (AvgIpc) is 2.22. The number of anilines is 1. The van der Waals surface area contributed by atoms with Gasteiger partial charge in [0.25, 0.3) is 0 Å². The molecule has 0 bridgehead atoms. The maximum atomic E-state index is 5.55. The highest BCUT2D eigenvalue weighted by atomic mass is 16.5. The number of aromatic nitrogens is 2. The van der Waals surface area contributed by atoms with Crippen molar-refractivity contribution in [1.29, 1.82) is 0 Å². The number of ether oxygens (including phenoxy) is 2. The molecule has 5 nitrogen and oxygen atoms in total. The molecule has 96 valence electrons. The van der Waals surface area contributed by atoms with E-state index in [4.69, 9.17) is 9.47 Å². The Morgan fingerprint density at radius 3 is 2.53 bits per heavy atom. The molecule has 1 rings (SSSR count). The normalized spacial score (nSPS) is 11.4. The molecule has 0 unspecified atom stereocenters. The number of nitrogens with one attached hydrogen (secondary N) is 1. The van der Waals surface area contributed by atoms with Gasteiger partial charge in [-0.3, -0.25) is 0 Å². The summed E-state index contributed by atoms with van der Waals surface area (Å²) >= 11 is 0. The molecule has 0 saturated heterocycles. The summed E-state index contributed by atoms with van der Waals surface area (Å²) in [6.45, 7) is 8.90. The lowest BCUT2D eigenvalue weighted by atomic mass is 10.2. The molecule has 1 N–H and O–H groups in total. The molecule has 0 fully saturated rings. The largest absolute Gasteiger partial charge is 0.475 e. The first-order valence-corrected chi connectivity index (χ1v) is 5.71. The molecular formula is C12H21N3O2. The van der Waals surface area contributed by atoms with E-state index in [9.17, 15) is 0 Å². The van der Waals surface area contributed by atoms with E-state index >= 15 is 0 Å². The van der Waals surface area contributed by atoms with Crippen LogP contribution in [0, 0.1) is 6.92 Å². The van der Waals surface area contributed by atoms with E-state index < -0.39 is 0 Å². The molecule has 1 aromatic heterocycles. The van der Waals surface area contributed by atoms with Crippen LogP contribution < -0.4 is 10.1 Å². The highest BCUT2D eigenvalue weighted by Crippen LogP contribution is 2.13. The third kappa shape index (κ3) is 5.49. The first kappa shape index (κ1) is 13.7. The quantitative estimate of drug-likeness (QED) is 0.797. The van der Waals surface area contributed by atoms with Gasteiger partial charge in [-0.2, -0.15) is 4.98 Å². The minimum atomic E-state index is -0.138. The fourth-order valence-electron chi connectivity index (χ4n) is 1.24. The zero-order chi connectivity index (χ0) is 12.9. The van der Waals surface area contributed by atoms with Crippen LogP contribution >= 0.6 is 0 Å². The number of aryl methyl sites for hydroxylation is 1. The lowest BCUT2D eigenvalue weighted by molar-refractivity contribution is -0.0168. The van der Waals surface area contributed by atoms with Crippen molar-refractivity contribution in [2.24, 2.45) is 0 Å². The number of hydrogen-bond acceptors (Lipinski definition) is 5. The molecule has 0 atom stereocenters. The Morgan fingerprint density at radius 2 is 1.94 bits per heavy atom. The Kier molecular flexibility index (Phi) is 4.69. The second-order valence-electron chi connectivity index (χ2n) is 4.70. The van der Waals surface area contributed by atoms with Crippen LogP contribution in [-0.2, 0) is 4.74 Å². The van der Waals surface area contributed by atoms with E-state index in [1.165, 1.54) is 0 Å². The van der Waals surface area contributed by atoms with E-state index in [1.54, 1.807) is 6.07 Å². The summed E-state index contributed by atoms with van der Waals surface area (Å²) in [6, 6.07) is 1.77. The van der Waals surface area contributed by atoms with Crippen molar-refractivity contribution in [2.75, 3.05) is 25.6 Å². The van der Waals surface area contributed by atoms with E-state index in [1.807, 2.05) is 34.7 Å². The molecule has 1 heterocycles. The first-order chi connectivity index (χ1) is 7.90. The van der Waals surface area contributed by atoms with E-state index in [-0.39, 0.29) is 5.60 Å². The molecule has 0 saturated carbocycles. The lowest BCUT2D eigenvalue weighted by Gasteiger charge is -2.19. The monoisotopic (exact) mass is 239 g/mol. The standard InChI is InChI=1S/C12H21N3O2/c1-9-14-10(13-5)8-11(15-9)16-6-7-17-12(2,3)4/h8H,6-7H2,1-5H3,(H,13,14,15). The summed E-state index contributed by atoms with van der Waals surface area (Å²) in [5.41, 5.74) is -0.138. The summed E-state index contributed by atoms with van der Waals surface area (Å²) in [5, 5.41) is 2.96. The molecule has 0 aliphatic carbocycles. The van der Waals surface area contributed by atoms with Crippen LogP contribution in [0.5, 0.6) is 5.88 Å². The molecule has 17 heavy (non-hydrogen) atoms. The topological polar surface area (TPSA) is 56.3 Å². The average molecular weight is 239 g/mol. The molecule has 0 radical (unpaired) electrons. The van der Waals surface area contributed by atoms with Gasteiger partial charge in [0, 0.05) is 13.1 Å². The predicted octanol–water partition coefficient (Wildman–Crippen LogP) is 2.02. The zero-order valence-electron chi connectivity index (χ0n) is 11.2. The van der Waals surface area contributed by atoms with Gasteiger partial charge in [-0.1, -0.05) is 0 Å². The summed E-state index contributed by atoms with van der Waals surface area (Å²) in [5.74, 6) is 2.01. The number of nitrogens with zero attached hydrogens (tertiary/aromatic N) is 2. The van der Waals surface area contributed by atoms with Gasteiger partial charge >= 0.3 is 0 Å². The van der Waals surface area contributed by atoms with Crippen molar-refractivity contribution >= 4 is 5.82 Å². The minimum Gasteiger partial charge on any atom is -0.475 e. The first-order valence-electron chi connectivity index (χ1n) is 5.71. The van der Waals surface area contributed by atoms with Gasteiger partial charge in [0.05, 0.1) is 12.2 Å². The molecular weight excluding hydrogens is 218 g/mol. The summed E-state index contributed by atoms with van der Waals surface area (Å²) < 4.78 is 11.1. The van der Waals surface area contributed by atoms with Crippen LogP contribution in [0.15, 0.2) is 6.07 Å². The van der Waals surface area contributed by atoms with Gasteiger partial charge in [-0.15, -0.1) is 0 Å². The minimum absolute atomic E-state index is 0.138. The highest BCUT2D eigenvalue weighted by molar-refractivity contribution is 5.37. The molecule has 0 aliphatic rings. The number of rotatable bonds is 5. The lowest BCUT2D eigenvalue weighted by Crippen LogP contribution is -2.22. The van der Waals surface area contributed by atoms with Gasteiger partial charge in [0.15, 0.2) is 0 Å². The van der Waals surface area contributed by atoms with Gasteiger partial charge in [0.2, 0.25) is 5.88 Å². The van der Waals surface area contributed by atoms with E-state index in [0.29, 0.717) is 24.9 Å². The van der Waals surface area contributed by atoms with Crippen LogP contribution in [0.2, 0.25) is 0 Å². The van der Waals surface area contributed by atoms with Crippen molar-refractivity contribution in [2.45, 2.75) is 33.3 Å². The molecule has 0 amide bonds. The Hall–Kier alpha value is -1.36. The zero-order valence-corrected chi connectivity index (χ0v) is 11.2. The Balaban J connectivity index is 2.44. The van der Waals surface area contributed by atoms with Crippen molar-refractivity contribution in [3.63, 3.8) is 0 Å². The van der Waals surface area contributed by atoms with Gasteiger partial charge in [-0.05, 0) is 27.7 Å². The molecule has 0 aromatic carbocycles. The smallest absolute Gasteiger partial charge is 0.218 e. The fraction of sp³-hybridized carbons (Fsp3) is 0.667. The molecule has 1 aromatic rings. The second kappa shape index (κ2) is 5.82. The Morgan fingerprint density at radius 1 is 1.24 bits per heavy atom. The van der Waals surface area contributed by atoms with Crippen LogP contribution in [0.4, 0.5) is 5.82 Å². The van der Waals surface area contributed by atoms with Crippen LogP contribution in [0.25, 0.3) is 0 Å². The molecule has 0 aliphatic heterocycles. The maximum Gasteiger partial charge on any atom is 0.218 e. The Labute approximate surface area is 103 Å². The van der Waals surface area contributed by atoms with Crippen LogP contribution in [0.3, 0.4) is 0 Å². The number of hydrogen-bond donors (Lipinski definition) is 1.